The highest BCUT2D eigenvalue weighted by Gasteiger charge is 2.54. The van der Waals surface area contributed by atoms with E-state index < -0.39 is 6.10 Å². The fraction of sp³-hybridized carbons (Fsp3) is 0.440. The highest BCUT2D eigenvalue weighted by atomic mass is 16.5. The lowest BCUT2D eigenvalue weighted by atomic mass is 10.1. The molecule has 6 heteroatoms. The van der Waals surface area contributed by atoms with Gasteiger partial charge in [-0.3, -0.25) is 0 Å². The number of rotatable bonds is 6. The molecule has 1 aromatic carbocycles. The first-order chi connectivity index (χ1) is 15.1. The van der Waals surface area contributed by atoms with Crippen LogP contribution in [0.15, 0.2) is 47.2 Å². The lowest BCUT2D eigenvalue weighted by molar-refractivity contribution is 0.184. The van der Waals surface area contributed by atoms with Crippen molar-refractivity contribution in [2.45, 2.75) is 32.9 Å². The molecule has 2 fully saturated rings. The Morgan fingerprint density at radius 2 is 2.00 bits per heavy atom. The first kappa shape index (κ1) is 20.0. The number of aliphatic hydroxyl groups is 1. The number of nitrogens with zero attached hydrogens (tertiary/aromatic N) is 4. The third-order valence-corrected chi connectivity index (χ3v) is 6.37. The Bertz CT molecular complexity index is 1090. The van der Waals surface area contributed by atoms with Gasteiger partial charge in [0, 0.05) is 48.6 Å². The van der Waals surface area contributed by atoms with Gasteiger partial charge in [-0.2, -0.15) is 0 Å². The van der Waals surface area contributed by atoms with Gasteiger partial charge in [0.1, 0.15) is 17.6 Å². The molecule has 31 heavy (non-hydrogen) atoms. The van der Waals surface area contributed by atoms with Crippen molar-refractivity contribution in [3.05, 3.63) is 59.8 Å². The summed E-state index contributed by atoms with van der Waals surface area (Å²) in [6.45, 7) is 8.13. The van der Waals surface area contributed by atoms with E-state index in [4.69, 9.17) is 4.52 Å². The van der Waals surface area contributed by atoms with Crippen LogP contribution in [0.25, 0.3) is 11.3 Å². The molecule has 1 aliphatic heterocycles. The second-order valence-corrected chi connectivity index (χ2v) is 8.73. The van der Waals surface area contributed by atoms with Crippen LogP contribution in [0.4, 0.5) is 0 Å². The highest BCUT2D eigenvalue weighted by molar-refractivity contribution is 5.59. The van der Waals surface area contributed by atoms with E-state index >= 15 is 0 Å². The van der Waals surface area contributed by atoms with Crippen LogP contribution in [0, 0.1) is 29.6 Å². The summed E-state index contributed by atoms with van der Waals surface area (Å²) in [6, 6.07) is 10.1. The Hall–Kier alpha value is -2.88. The van der Waals surface area contributed by atoms with Gasteiger partial charge in [-0.15, -0.1) is 0 Å². The van der Waals surface area contributed by atoms with Gasteiger partial charge in [-0.1, -0.05) is 23.9 Å². The standard InChI is InChI=1S/C25H28N4O2/c1-3-11-28-15-22-21(23(22)16-28)9-6-18-4-7-19(8-5-18)24-13-20(27-31-24)14-29-12-10-26-25(29)17(2)30/h4-5,7-8,10,12-13,17,21-23,30H,3,11,14-16H2,1-2H3/t17-,21?,22-,23+/m0/s1. The minimum absolute atomic E-state index is 0.507. The smallest absolute Gasteiger partial charge is 0.167 e. The molecule has 1 saturated carbocycles. The number of benzene rings is 1. The fourth-order valence-electron chi connectivity index (χ4n) is 4.73. The Kier molecular flexibility index (Phi) is 5.39. The molecular formula is C25H28N4O2. The SMILES string of the molecule is CCCN1C[C@@H]2C(C#Cc3ccc(-c4cc(Cn5ccnc5[C@H](C)O)no4)cc3)[C@@H]2C1. The van der Waals surface area contributed by atoms with Crippen molar-refractivity contribution in [2.24, 2.45) is 17.8 Å². The molecule has 1 saturated heterocycles. The third kappa shape index (κ3) is 4.16. The van der Waals surface area contributed by atoms with Gasteiger partial charge in [0.05, 0.1) is 6.54 Å². The molecular weight excluding hydrogens is 388 g/mol. The van der Waals surface area contributed by atoms with Gasteiger partial charge in [-0.05, 0) is 56.0 Å². The van der Waals surface area contributed by atoms with E-state index in [1.165, 1.54) is 26.1 Å². The van der Waals surface area contributed by atoms with Gasteiger partial charge < -0.3 is 19.1 Å². The number of hydrogen-bond donors (Lipinski definition) is 1. The lowest BCUT2D eigenvalue weighted by Gasteiger charge is -2.16. The molecule has 0 spiro atoms. The topological polar surface area (TPSA) is 67.3 Å². The highest BCUT2D eigenvalue weighted by Crippen LogP contribution is 2.51. The van der Waals surface area contributed by atoms with E-state index in [1.807, 2.05) is 41.1 Å². The van der Waals surface area contributed by atoms with Crippen LogP contribution >= 0.6 is 0 Å². The van der Waals surface area contributed by atoms with Gasteiger partial charge >= 0.3 is 0 Å². The van der Waals surface area contributed by atoms with Crippen LogP contribution in [0.1, 0.15) is 43.5 Å². The molecule has 5 rings (SSSR count). The molecule has 1 N–H and O–H groups in total. The van der Waals surface area contributed by atoms with Crippen LogP contribution in [0.5, 0.6) is 0 Å². The van der Waals surface area contributed by atoms with Crippen molar-refractivity contribution in [1.82, 2.24) is 19.6 Å². The molecule has 0 amide bonds. The molecule has 0 bridgehead atoms. The van der Waals surface area contributed by atoms with E-state index in [2.05, 4.69) is 33.8 Å². The maximum atomic E-state index is 9.80. The maximum absolute atomic E-state index is 9.80. The Balaban J connectivity index is 1.20. The molecule has 1 unspecified atom stereocenters. The van der Waals surface area contributed by atoms with Crippen molar-refractivity contribution < 1.29 is 9.63 Å². The number of piperidine rings is 1. The minimum atomic E-state index is -0.625. The van der Waals surface area contributed by atoms with Crippen molar-refractivity contribution in [1.29, 1.82) is 0 Å². The largest absolute Gasteiger partial charge is 0.385 e. The van der Waals surface area contributed by atoms with Gasteiger partial charge in [0.2, 0.25) is 0 Å². The first-order valence-electron chi connectivity index (χ1n) is 11.1. The molecule has 0 radical (unpaired) electrons. The molecule has 2 aliphatic rings. The van der Waals surface area contributed by atoms with Crippen LogP contribution in [0.2, 0.25) is 0 Å². The molecule has 4 atom stereocenters. The van der Waals surface area contributed by atoms with E-state index in [0.29, 0.717) is 18.3 Å². The molecule has 3 heterocycles. The normalized spacial score (nSPS) is 23.3. The van der Waals surface area contributed by atoms with Gasteiger partial charge in [0.25, 0.3) is 0 Å². The van der Waals surface area contributed by atoms with Crippen molar-refractivity contribution in [2.75, 3.05) is 19.6 Å². The van der Waals surface area contributed by atoms with Gasteiger partial charge in [-0.25, -0.2) is 4.98 Å². The summed E-state index contributed by atoms with van der Waals surface area (Å²) in [5, 5.41) is 14.0. The Morgan fingerprint density at radius 3 is 2.71 bits per heavy atom. The molecule has 6 nitrogen and oxygen atoms in total. The van der Waals surface area contributed by atoms with Crippen molar-refractivity contribution in [3.63, 3.8) is 0 Å². The van der Waals surface area contributed by atoms with E-state index in [0.717, 1.165) is 34.4 Å². The maximum Gasteiger partial charge on any atom is 0.167 e. The zero-order chi connectivity index (χ0) is 21.4. The summed E-state index contributed by atoms with van der Waals surface area (Å²) in [5.74, 6) is 10.4. The van der Waals surface area contributed by atoms with Crippen molar-refractivity contribution in [3.8, 4) is 23.2 Å². The number of aromatic nitrogens is 3. The summed E-state index contributed by atoms with van der Waals surface area (Å²) < 4.78 is 7.42. The summed E-state index contributed by atoms with van der Waals surface area (Å²) in [6.07, 6.45) is 4.12. The number of imidazole rings is 1. The van der Waals surface area contributed by atoms with E-state index in [-0.39, 0.29) is 0 Å². The quantitative estimate of drug-likeness (QED) is 0.622. The minimum Gasteiger partial charge on any atom is -0.385 e. The first-order valence-corrected chi connectivity index (χ1v) is 11.1. The van der Waals surface area contributed by atoms with Crippen LogP contribution in [0.3, 0.4) is 0 Å². The summed E-state index contributed by atoms with van der Waals surface area (Å²) in [4.78, 5) is 6.77. The zero-order valence-corrected chi connectivity index (χ0v) is 18.0. The predicted molar refractivity (Wildman–Crippen MR) is 118 cm³/mol. The molecule has 2 aromatic heterocycles. The molecule has 1 aliphatic carbocycles. The Morgan fingerprint density at radius 1 is 1.23 bits per heavy atom. The Labute approximate surface area is 182 Å². The average Bonchev–Trinajstić information content (AvgIpc) is 3.24. The van der Waals surface area contributed by atoms with Crippen LogP contribution < -0.4 is 0 Å². The van der Waals surface area contributed by atoms with Crippen LogP contribution in [-0.2, 0) is 6.54 Å². The number of aliphatic hydroxyl groups excluding tert-OH is 1. The number of fused-ring (bicyclic) bond motifs is 1. The number of hydrogen-bond acceptors (Lipinski definition) is 5. The average molecular weight is 417 g/mol. The summed E-state index contributed by atoms with van der Waals surface area (Å²) >= 11 is 0. The monoisotopic (exact) mass is 416 g/mol. The van der Waals surface area contributed by atoms with E-state index in [1.54, 1.807) is 13.1 Å². The zero-order valence-electron chi connectivity index (χ0n) is 18.0. The van der Waals surface area contributed by atoms with E-state index in [9.17, 15) is 5.11 Å². The fourth-order valence-corrected chi connectivity index (χ4v) is 4.73. The predicted octanol–water partition coefficient (Wildman–Crippen LogP) is 3.58. The van der Waals surface area contributed by atoms with Gasteiger partial charge in [0.15, 0.2) is 5.76 Å². The lowest BCUT2D eigenvalue weighted by Crippen LogP contribution is -2.24. The second-order valence-electron chi connectivity index (χ2n) is 8.73. The van der Waals surface area contributed by atoms with Crippen LogP contribution in [-0.4, -0.2) is 44.3 Å². The molecule has 3 aromatic rings. The summed E-state index contributed by atoms with van der Waals surface area (Å²) in [5.41, 5.74) is 2.80. The third-order valence-electron chi connectivity index (χ3n) is 6.37. The number of likely N-dealkylation sites (tertiary alicyclic amines) is 1. The molecule has 160 valence electrons. The van der Waals surface area contributed by atoms with Crippen molar-refractivity contribution >= 4 is 0 Å². The second kappa shape index (κ2) is 8.33. The summed E-state index contributed by atoms with van der Waals surface area (Å²) in [7, 11) is 0.